The molecule has 1 aliphatic rings. The minimum atomic E-state index is -1.73. The molecule has 29 heteroatoms. The van der Waals surface area contributed by atoms with Crippen LogP contribution in [0.2, 0.25) is 0 Å². The number of aliphatic hydroxyl groups excluding tert-OH is 2. The van der Waals surface area contributed by atoms with E-state index in [1.54, 1.807) is 13.8 Å². The van der Waals surface area contributed by atoms with Crippen LogP contribution in [0.3, 0.4) is 0 Å². The number of phenolic OH excluding ortho intramolecular Hbond substituents is 1. The first-order valence-electron chi connectivity index (χ1n) is 25.6. The summed E-state index contributed by atoms with van der Waals surface area (Å²) in [5.74, 6) is -9.97. The van der Waals surface area contributed by atoms with Crippen LogP contribution >= 0.6 is 25.3 Å². The predicted octanol–water partition coefficient (Wildman–Crippen LogP) is -4.00. The highest BCUT2D eigenvalue weighted by Crippen LogP contribution is 2.21. The van der Waals surface area contributed by atoms with Gasteiger partial charge in [-0.1, -0.05) is 32.4 Å². The lowest BCUT2D eigenvalue weighted by Gasteiger charge is -2.31. The molecule has 13 atom stereocenters. The lowest BCUT2D eigenvalue weighted by molar-refractivity contribution is -0.143. The van der Waals surface area contributed by atoms with E-state index in [1.165, 1.54) is 62.5 Å². The number of nitrogens with one attached hydrogen (secondary N) is 9. The van der Waals surface area contributed by atoms with Gasteiger partial charge >= 0.3 is 5.97 Å². The average Bonchev–Trinajstić information content (AvgIpc) is 4.12. The Morgan fingerprint density at radius 2 is 1.28 bits per heavy atom. The van der Waals surface area contributed by atoms with Gasteiger partial charge in [0, 0.05) is 42.8 Å². The number of aliphatic carboxylic acids is 1. The molecule has 17 N–H and O–H groups in total. The number of likely N-dealkylation sites (tertiary alicyclic amines) is 1. The second-order valence-electron chi connectivity index (χ2n) is 19.2. The van der Waals surface area contributed by atoms with Crippen LogP contribution in [0.4, 0.5) is 0 Å². The number of nitrogens with two attached hydrogens (primary N) is 2. The molecule has 1 aromatic carbocycles. The van der Waals surface area contributed by atoms with E-state index in [4.69, 9.17) is 11.5 Å². The van der Waals surface area contributed by atoms with E-state index in [0.29, 0.717) is 43.5 Å². The van der Waals surface area contributed by atoms with Crippen molar-refractivity contribution in [3.05, 3.63) is 48.0 Å². The molecule has 434 valence electrons. The molecule has 0 spiro atoms. The van der Waals surface area contributed by atoms with Crippen molar-refractivity contribution in [3.63, 3.8) is 0 Å². The first-order chi connectivity index (χ1) is 36.9. The summed E-state index contributed by atoms with van der Waals surface area (Å²) in [6, 6.07) is -7.91. The number of imidazole rings is 1. The largest absolute Gasteiger partial charge is 0.508 e. The highest BCUT2D eigenvalue weighted by atomic mass is 32.1. The molecule has 3 rings (SSSR count). The van der Waals surface area contributed by atoms with E-state index in [2.05, 4.69) is 77.8 Å². The van der Waals surface area contributed by atoms with Crippen molar-refractivity contribution in [2.24, 2.45) is 17.4 Å². The first-order valence-corrected chi connectivity index (χ1v) is 26.9. The smallest absolute Gasteiger partial charge is 0.327 e. The number of carboxylic acids is 1. The summed E-state index contributed by atoms with van der Waals surface area (Å²) in [6.07, 6.45) is 1.31. The minimum Gasteiger partial charge on any atom is -0.508 e. The normalized spacial score (nSPS) is 17.8. The number of aromatic nitrogens is 2. The van der Waals surface area contributed by atoms with Gasteiger partial charge in [0.15, 0.2) is 0 Å². The third-order valence-corrected chi connectivity index (χ3v) is 13.8. The number of amides is 9. The molecule has 2 aromatic rings. The standard InChI is InChI=1S/C49H77N13O14S2/c1-6-24(2)38(46(72)54-25(3)40(66)55-31(10-7-8-16-50)41(67)59-35(22-78)49(75)76)60-43(69)34(21-77)58-44(70)36-11-9-17-62(36)48(74)33(19-29-20-52-23-53-29)57-47(73)39(27(5)64)61-42(68)32(56-45(71)37(51)26(4)63)18-28-12-14-30(65)15-13-28/h12-15,20,23-27,31-39,63-65,77-78H,6-11,16-19,21-22,50-51H2,1-5H3,(H,52,53)(H,54,72)(H,55,66)(H,56,71)(H,57,73)(H,58,70)(H,59,67)(H,60,69)(H,61,68)(H,75,76)/t24-,25-,26+,27+,31-,32-,33-,34-,35-,36-,37-,38-,39-/m0/s1. The molecule has 0 radical (unpaired) electrons. The van der Waals surface area contributed by atoms with Crippen molar-refractivity contribution in [2.75, 3.05) is 24.6 Å². The number of nitrogens with zero attached hydrogens (tertiary/aromatic N) is 2. The fourth-order valence-electron chi connectivity index (χ4n) is 8.11. The Kier molecular flexibility index (Phi) is 27.3. The number of carbonyl (C=O) groups is 10. The third-order valence-electron chi connectivity index (χ3n) is 13.1. The molecule has 0 bridgehead atoms. The minimum absolute atomic E-state index is 0.0352. The number of aromatic hydroxyl groups is 1. The van der Waals surface area contributed by atoms with Gasteiger partial charge in [-0.05, 0) is 83.0 Å². The molecule has 1 aromatic heterocycles. The first kappa shape index (κ1) is 65.8. The maximum atomic E-state index is 14.5. The average molecular weight is 1140 g/mol. The number of hydrogen-bond acceptors (Lipinski definition) is 18. The van der Waals surface area contributed by atoms with E-state index < -0.39 is 138 Å². The number of benzene rings is 1. The van der Waals surface area contributed by atoms with Gasteiger partial charge in [-0.3, -0.25) is 43.2 Å². The van der Waals surface area contributed by atoms with Gasteiger partial charge in [0.2, 0.25) is 53.2 Å². The summed E-state index contributed by atoms with van der Waals surface area (Å²) in [4.78, 5) is 143. The van der Waals surface area contributed by atoms with Crippen LogP contribution in [-0.2, 0) is 60.8 Å². The number of hydrogen-bond donors (Lipinski definition) is 17. The van der Waals surface area contributed by atoms with Crippen LogP contribution in [0, 0.1) is 5.92 Å². The van der Waals surface area contributed by atoms with E-state index in [9.17, 15) is 68.4 Å². The molecule has 1 fully saturated rings. The molecule has 2 heterocycles. The Hall–Kier alpha value is -6.53. The van der Waals surface area contributed by atoms with Crippen LogP contribution < -0.4 is 54.0 Å². The second kappa shape index (κ2) is 32.4. The van der Waals surface area contributed by atoms with Crippen molar-refractivity contribution < 1.29 is 68.4 Å². The summed E-state index contributed by atoms with van der Waals surface area (Å²) in [5, 5.41) is 60.1. The van der Waals surface area contributed by atoms with Crippen molar-refractivity contribution >= 4 is 84.4 Å². The molecule has 0 aliphatic carbocycles. The van der Waals surface area contributed by atoms with Crippen LogP contribution in [0.1, 0.15) is 84.4 Å². The number of unbranched alkanes of at least 4 members (excludes halogenated alkanes) is 1. The predicted molar refractivity (Wildman–Crippen MR) is 289 cm³/mol. The molecule has 1 saturated heterocycles. The highest BCUT2D eigenvalue weighted by Gasteiger charge is 2.41. The highest BCUT2D eigenvalue weighted by molar-refractivity contribution is 7.80. The second-order valence-corrected chi connectivity index (χ2v) is 20.0. The number of aromatic amines is 1. The van der Waals surface area contributed by atoms with Crippen molar-refractivity contribution in [3.8, 4) is 5.75 Å². The molecule has 9 amide bonds. The summed E-state index contributed by atoms with van der Waals surface area (Å²) in [6.45, 7) is 7.61. The van der Waals surface area contributed by atoms with Crippen molar-refractivity contribution in [1.29, 1.82) is 0 Å². The van der Waals surface area contributed by atoms with E-state index in [-0.39, 0.29) is 49.5 Å². The lowest BCUT2D eigenvalue weighted by Crippen LogP contribution is -2.62. The van der Waals surface area contributed by atoms with Gasteiger partial charge in [0.1, 0.15) is 66.2 Å². The van der Waals surface area contributed by atoms with Crippen LogP contribution in [0.15, 0.2) is 36.8 Å². The Morgan fingerprint density at radius 1 is 0.705 bits per heavy atom. The van der Waals surface area contributed by atoms with E-state index >= 15 is 0 Å². The molecule has 78 heavy (non-hydrogen) atoms. The van der Waals surface area contributed by atoms with Gasteiger partial charge in [-0.2, -0.15) is 25.3 Å². The Morgan fingerprint density at radius 3 is 1.85 bits per heavy atom. The van der Waals surface area contributed by atoms with E-state index in [1.807, 2.05) is 0 Å². The Balaban J connectivity index is 1.79. The molecule has 0 saturated carbocycles. The zero-order valence-corrected chi connectivity index (χ0v) is 46.1. The molecular weight excluding hydrogens is 1060 g/mol. The summed E-state index contributed by atoms with van der Waals surface area (Å²) >= 11 is 8.26. The topological polar surface area (TPSA) is 432 Å². The van der Waals surface area contributed by atoms with E-state index in [0.717, 1.165) is 0 Å². The van der Waals surface area contributed by atoms with Crippen molar-refractivity contribution in [1.82, 2.24) is 57.4 Å². The molecular formula is C49H77N13O14S2. The van der Waals surface area contributed by atoms with Crippen LogP contribution in [0.5, 0.6) is 5.75 Å². The number of thiol groups is 2. The zero-order valence-electron chi connectivity index (χ0n) is 44.3. The fraction of sp³-hybridized carbons (Fsp3) is 0.612. The Labute approximate surface area is 462 Å². The van der Waals surface area contributed by atoms with Crippen LogP contribution in [-0.4, -0.2) is 192 Å². The number of aliphatic hydroxyl groups is 2. The third kappa shape index (κ3) is 20.0. The maximum Gasteiger partial charge on any atom is 0.327 e. The lowest BCUT2D eigenvalue weighted by atomic mass is 9.97. The van der Waals surface area contributed by atoms with Gasteiger partial charge in [-0.15, -0.1) is 0 Å². The number of phenols is 1. The van der Waals surface area contributed by atoms with Crippen LogP contribution in [0.25, 0.3) is 0 Å². The molecule has 0 unspecified atom stereocenters. The summed E-state index contributed by atoms with van der Waals surface area (Å²) in [7, 11) is 0. The number of carbonyl (C=O) groups excluding carboxylic acids is 9. The van der Waals surface area contributed by atoms with Gasteiger partial charge in [-0.25, -0.2) is 9.78 Å². The number of H-pyrrole nitrogens is 1. The van der Waals surface area contributed by atoms with Gasteiger partial charge in [0.05, 0.1) is 18.5 Å². The molecule has 27 nitrogen and oxygen atoms in total. The van der Waals surface area contributed by atoms with Gasteiger partial charge < -0.3 is 84.3 Å². The van der Waals surface area contributed by atoms with Crippen molar-refractivity contribution in [2.45, 2.75) is 159 Å². The quantitative estimate of drug-likeness (QED) is 0.0245. The maximum absolute atomic E-state index is 14.5. The molecule has 1 aliphatic heterocycles. The zero-order chi connectivity index (χ0) is 58.4. The summed E-state index contributed by atoms with van der Waals surface area (Å²) < 4.78 is 0. The fourth-order valence-corrected chi connectivity index (χ4v) is 8.61. The SMILES string of the molecule is CC[C@H](C)[C@H](NC(=O)[C@H](CS)NC(=O)[C@@H]1CCCN1C(=O)[C@H](Cc1cnc[nH]1)NC(=O)[C@@H](NC(=O)[C@H](Cc1ccc(O)cc1)NC(=O)[C@@H](N)[C@@H](C)O)[C@@H](C)O)C(=O)N[C@@H](C)C(=O)N[C@@H](CCCCN)C(=O)N[C@@H](CS)C(=O)O. The van der Waals surface area contributed by atoms with Gasteiger partial charge in [0.25, 0.3) is 0 Å². The monoisotopic (exact) mass is 1140 g/mol. The summed E-state index contributed by atoms with van der Waals surface area (Å²) in [5.41, 5.74) is 12.3. The number of rotatable bonds is 32. The Bertz CT molecular complexity index is 2350. The number of carboxylic acid groups (broad SMARTS) is 1.